The van der Waals surface area contributed by atoms with Gasteiger partial charge in [0.15, 0.2) is 0 Å². The highest BCUT2D eigenvalue weighted by molar-refractivity contribution is 9.10. The molecule has 3 nitrogen and oxygen atoms in total. The molecule has 0 aliphatic heterocycles. The summed E-state index contributed by atoms with van der Waals surface area (Å²) in [4.78, 5) is 4.39. The van der Waals surface area contributed by atoms with Crippen LogP contribution in [0.3, 0.4) is 0 Å². The predicted octanol–water partition coefficient (Wildman–Crippen LogP) is 4.08. The van der Waals surface area contributed by atoms with E-state index >= 15 is 0 Å². The summed E-state index contributed by atoms with van der Waals surface area (Å²) in [5.74, 6) is 0.550. The van der Waals surface area contributed by atoms with Crippen LogP contribution < -0.4 is 5.32 Å². The standard InChI is InChI=1S/C13H9BrClN3/c1-17-13-8(7-16)2-5-12(18-13)10-4-3-9(14)6-11(10)15/h2-6H,1H3,(H,17,18). The fraction of sp³-hybridized carbons (Fsp3) is 0.0769. The number of halogens is 2. The summed E-state index contributed by atoms with van der Waals surface area (Å²) in [7, 11) is 1.73. The minimum Gasteiger partial charge on any atom is -0.372 e. The van der Waals surface area contributed by atoms with Gasteiger partial charge in [-0.1, -0.05) is 33.6 Å². The van der Waals surface area contributed by atoms with Gasteiger partial charge in [0.25, 0.3) is 0 Å². The first-order valence-electron chi connectivity index (χ1n) is 5.20. The van der Waals surface area contributed by atoms with Crippen LogP contribution in [0.15, 0.2) is 34.8 Å². The maximum Gasteiger partial charge on any atom is 0.144 e. The lowest BCUT2D eigenvalue weighted by Gasteiger charge is -2.07. The molecule has 0 saturated carbocycles. The largest absolute Gasteiger partial charge is 0.372 e. The van der Waals surface area contributed by atoms with Gasteiger partial charge in [-0.05, 0) is 24.3 Å². The Labute approximate surface area is 119 Å². The molecule has 18 heavy (non-hydrogen) atoms. The Kier molecular flexibility index (Phi) is 3.85. The summed E-state index contributed by atoms with van der Waals surface area (Å²) in [6.07, 6.45) is 0. The molecule has 0 aliphatic rings. The molecular formula is C13H9BrClN3. The number of nitrogens with zero attached hydrogens (tertiary/aromatic N) is 2. The van der Waals surface area contributed by atoms with Crippen LogP contribution in [-0.4, -0.2) is 12.0 Å². The van der Waals surface area contributed by atoms with Crippen LogP contribution in [0, 0.1) is 11.3 Å². The van der Waals surface area contributed by atoms with Crippen LogP contribution in [0.25, 0.3) is 11.3 Å². The summed E-state index contributed by atoms with van der Waals surface area (Å²) in [5.41, 5.74) is 2.08. The molecule has 90 valence electrons. The van der Waals surface area contributed by atoms with Crippen LogP contribution >= 0.6 is 27.5 Å². The summed E-state index contributed by atoms with van der Waals surface area (Å²) in [6, 6.07) is 11.2. The number of nitriles is 1. The lowest BCUT2D eigenvalue weighted by atomic mass is 10.1. The zero-order chi connectivity index (χ0) is 13.1. The second-order valence-corrected chi connectivity index (χ2v) is 4.90. The quantitative estimate of drug-likeness (QED) is 0.906. The van der Waals surface area contributed by atoms with Gasteiger partial charge >= 0.3 is 0 Å². The second kappa shape index (κ2) is 5.38. The fourth-order valence-corrected chi connectivity index (χ4v) is 2.36. The summed E-state index contributed by atoms with van der Waals surface area (Å²) in [6.45, 7) is 0. The molecule has 2 aromatic rings. The topological polar surface area (TPSA) is 48.7 Å². The number of hydrogen-bond acceptors (Lipinski definition) is 3. The van der Waals surface area contributed by atoms with Gasteiger partial charge in [0.2, 0.25) is 0 Å². The van der Waals surface area contributed by atoms with Crippen LogP contribution in [0.2, 0.25) is 5.02 Å². The Bertz CT molecular complexity index is 635. The van der Waals surface area contributed by atoms with E-state index in [4.69, 9.17) is 16.9 Å². The average molecular weight is 323 g/mol. The molecule has 5 heteroatoms. The third-order valence-corrected chi connectivity index (χ3v) is 3.27. The summed E-state index contributed by atoms with van der Waals surface area (Å²) < 4.78 is 0.915. The molecule has 0 atom stereocenters. The van der Waals surface area contributed by atoms with Crippen LogP contribution in [-0.2, 0) is 0 Å². The van der Waals surface area contributed by atoms with Gasteiger partial charge in [-0.3, -0.25) is 0 Å². The first-order valence-corrected chi connectivity index (χ1v) is 6.37. The van der Waals surface area contributed by atoms with E-state index in [1.165, 1.54) is 0 Å². The smallest absolute Gasteiger partial charge is 0.144 e. The molecule has 1 aromatic heterocycles. The lowest BCUT2D eigenvalue weighted by Crippen LogP contribution is -1.97. The van der Waals surface area contributed by atoms with Gasteiger partial charge in [0, 0.05) is 17.1 Å². The van der Waals surface area contributed by atoms with Crippen LogP contribution in [0.5, 0.6) is 0 Å². The van der Waals surface area contributed by atoms with Crippen molar-refractivity contribution in [3.8, 4) is 17.3 Å². The highest BCUT2D eigenvalue weighted by Gasteiger charge is 2.09. The van der Waals surface area contributed by atoms with Crippen molar-refractivity contribution in [3.05, 3.63) is 45.4 Å². The van der Waals surface area contributed by atoms with Gasteiger partial charge < -0.3 is 5.32 Å². The van der Waals surface area contributed by atoms with Gasteiger partial charge in [0.05, 0.1) is 16.3 Å². The van der Waals surface area contributed by atoms with E-state index < -0.39 is 0 Å². The van der Waals surface area contributed by atoms with Crippen molar-refractivity contribution in [1.29, 1.82) is 5.26 Å². The highest BCUT2D eigenvalue weighted by atomic mass is 79.9. The number of benzene rings is 1. The lowest BCUT2D eigenvalue weighted by molar-refractivity contribution is 1.27. The minimum absolute atomic E-state index is 0.509. The Morgan fingerprint density at radius 3 is 2.72 bits per heavy atom. The Morgan fingerprint density at radius 2 is 2.11 bits per heavy atom. The number of aromatic nitrogens is 1. The number of rotatable bonds is 2. The Morgan fingerprint density at radius 1 is 1.33 bits per heavy atom. The molecule has 0 unspecified atom stereocenters. The number of hydrogen-bond donors (Lipinski definition) is 1. The molecular weight excluding hydrogens is 314 g/mol. The van der Waals surface area contributed by atoms with E-state index in [9.17, 15) is 0 Å². The molecule has 0 fully saturated rings. The number of anilines is 1. The van der Waals surface area contributed by atoms with E-state index in [2.05, 4.69) is 32.3 Å². The van der Waals surface area contributed by atoms with Gasteiger partial charge in [-0.15, -0.1) is 0 Å². The molecule has 0 aliphatic carbocycles. The minimum atomic E-state index is 0.509. The van der Waals surface area contributed by atoms with Crippen molar-refractivity contribution in [3.63, 3.8) is 0 Å². The van der Waals surface area contributed by atoms with Gasteiger partial charge in [-0.2, -0.15) is 5.26 Å². The van der Waals surface area contributed by atoms with Crippen molar-refractivity contribution < 1.29 is 0 Å². The van der Waals surface area contributed by atoms with Crippen molar-refractivity contribution in [2.24, 2.45) is 0 Å². The summed E-state index contributed by atoms with van der Waals surface area (Å²) >= 11 is 9.54. The third-order valence-electron chi connectivity index (χ3n) is 2.46. The van der Waals surface area contributed by atoms with E-state index in [0.29, 0.717) is 16.4 Å². The average Bonchev–Trinajstić information content (AvgIpc) is 2.38. The first-order chi connectivity index (χ1) is 8.65. The maximum atomic E-state index is 8.94. The maximum absolute atomic E-state index is 8.94. The zero-order valence-corrected chi connectivity index (χ0v) is 11.9. The molecule has 0 saturated heterocycles. The molecule has 0 bridgehead atoms. The van der Waals surface area contributed by atoms with Crippen molar-refractivity contribution in [1.82, 2.24) is 4.98 Å². The van der Waals surface area contributed by atoms with E-state index in [0.717, 1.165) is 15.7 Å². The monoisotopic (exact) mass is 321 g/mol. The Hall–Kier alpha value is -1.57. The molecule has 0 amide bonds. The molecule has 2 rings (SSSR count). The molecule has 1 N–H and O–H groups in total. The van der Waals surface area contributed by atoms with Gasteiger partial charge in [-0.25, -0.2) is 4.98 Å². The van der Waals surface area contributed by atoms with Crippen molar-refractivity contribution in [2.45, 2.75) is 0 Å². The third kappa shape index (κ3) is 2.47. The Balaban J connectivity index is 2.55. The second-order valence-electron chi connectivity index (χ2n) is 3.58. The summed E-state index contributed by atoms with van der Waals surface area (Å²) in [5, 5.41) is 12.5. The van der Waals surface area contributed by atoms with E-state index in [-0.39, 0.29) is 0 Å². The normalized spacial score (nSPS) is 9.89. The zero-order valence-electron chi connectivity index (χ0n) is 9.54. The van der Waals surface area contributed by atoms with Crippen molar-refractivity contribution in [2.75, 3.05) is 12.4 Å². The fourth-order valence-electron chi connectivity index (χ4n) is 1.59. The molecule has 1 aromatic carbocycles. The SMILES string of the molecule is CNc1nc(-c2ccc(Br)cc2Cl)ccc1C#N. The predicted molar refractivity (Wildman–Crippen MR) is 76.6 cm³/mol. The van der Waals surface area contributed by atoms with Crippen molar-refractivity contribution >= 4 is 33.3 Å². The molecule has 0 spiro atoms. The highest BCUT2D eigenvalue weighted by Crippen LogP contribution is 2.30. The van der Waals surface area contributed by atoms with E-state index in [1.807, 2.05) is 18.2 Å². The number of pyridine rings is 1. The van der Waals surface area contributed by atoms with E-state index in [1.54, 1.807) is 19.2 Å². The van der Waals surface area contributed by atoms with Gasteiger partial charge in [0.1, 0.15) is 11.9 Å². The number of nitrogens with one attached hydrogen (secondary N) is 1. The molecule has 1 heterocycles. The molecule has 0 radical (unpaired) electrons. The van der Waals surface area contributed by atoms with Crippen LogP contribution in [0.4, 0.5) is 5.82 Å². The van der Waals surface area contributed by atoms with Crippen LogP contribution in [0.1, 0.15) is 5.56 Å². The first kappa shape index (κ1) is 12.9.